The topological polar surface area (TPSA) is 111 Å². The third-order valence-corrected chi connectivity index (χ3v) is 5.03. The van der Waals surface area contributed by atoms with Gasteiger partial charge in [-0.2, -0.15) is 0 Å². The monoisotopic (exact) mass is 412 g/mol. The standard InChI is InChI=1S/C17H17ClN2O6S/c1-10(21)19-12-5-7-15(25-2)16(9-12)27(23,24)20-14-8-11(18)4-6-13(14)17(22)26-3/h4-9,20H,1-3H3,(H,19,21). The summed E-state index contributed by atoms with van der Waals surface area (Å²) in [6.45, 7) is 1.30. The number of rotatable bonds is 6. The number of nitrogens with one attached hydrogen (secondary N) is 2. The van der Waals surface area contributed by atoms with Crippen LogP contribution in [0.4, 0.5) is 11.4 Å². The Labute approximate surface area is 161 Å². The largest absolute Gasteiger partial charge is 0.495 e. The first-order chi connectivity index (χ1) is 12.7. The Morgan fingerprint density at radius 2 is 1.78 bits per heavy atom. The molecule has 2 rings (SSSR count). The fourth-order valence-corrected chi connectivity index (χ4v) is 3.70. The second-order valence-electron chi connectivity index (χ2n) is 5.33. The van der Waals surface area contributed by atoms with Crippen LogP contribution in [0, 0.1) is 0 Å². The minimum atomic E-state index is -4.19. The lowest BCUT2D eigenvalue weighted by Crippen LogP contribution is -2.17. The van der Waals surface area contributed by atoms with Crippen molar-refractivity contribution in [3.05, 3.63) is 47.0 Å². The van der Waals surface area contributed by atoms with Crippen molar-refractivity contribution in [2.45, 2.75) is 11.8 Å². The zero-order valence-corrected chi connectivity index (χ0v) is 16.3. The zero-order chi connectivity index (χ0) is 20.2. The van der Waals surface area contributed by atoms with Gasteiger partial charge in [0.05, 0.1) is 25.5 Å². The van der Waals surface area contributed by atoms with E-state index in [1.54, 1.807) is 0 Å². The molecular weight excluding hydrogens is 396 g/mol. The third kappa shape index (κ3) is 4.89. The first-order valence-corrected chi connectivity index (χ1v) is 9.40. The molecule has 0 radical (unpaired) electrons. The Hall–Kier alpha value is -2.78. The summed E-state index contributed by atoms with van der Waals surface area (Å²) in [4.78, 5) is 22.9. The van der Waals surface area contributed by atoms with E-state index in [1.165, 1.54) is 57.5 Å². The summed E-state index contributed by atoms with van der Waals surface area (Å²) in [6.07, 6.45) is 0. The van der Waals surface area contributed by atoms with Gasteiger partial charge >= 0.3 is 5.97 Å². The number of ether oxygens (including phenoxy) is 2. The number of carbonyl (C=O) groups excluding carboxylic acids is 2. The van der Waals surface area contributed by atoms with E-state index < -0.39 is 16.0 Å². The van der Waals surface area contributed by atoms with Gasteiger partial charge in [0, 0.05) is 17.6 Å². The Morgan fingerprint density at radius 1 is 1.07 bits per heavy atom. The van der Waals surface area contributed by atoms with Gasteiger partial charge in [0.2, 0.25) is 5.91 Å². The van der Waals surface area contributed by atoms with E-state index in [1.807, 2.05) is 0 Å². The van der Waals surface area contributed by atoms with Crippen LogP contribution in [0.5, 0.6) is 5.75 Å². The first-order valence-electron chi connectivity index (χ1n) is 7.54. The second-order valence-corrected chi connectivity index (χ2v) is 7.42. The maximum Gasteiger partial charge on any atom is 0.339 e. The summed E-state index contributed by atoms with van der Waals surface area (Å²) in [5.74, 6) is -1.04. The molecule has 0 fully saturated rings. The molecule has 0 aromatic heterocycles. The fraction of sp³-hybridized carbons (Fsp3) is 0.176. The highest BCUT2D eigenvalue weighted by Crippen LogP contribution is 2.31. The van der Waals surface area contributed by atoms with E-state index in [-0.39, 0.29) is 38.5 Å². The average Bonchev–Trinajstić information content (AvgIpc) is 2.60. The van der Waals surface area contributed by atoms with E-state index in [4.69, 9.17) is 16.3 Å². The van der Waals surface area contributed by atoms with Crippen molar-refractivity contribution >= 4 is 44.9 Å². The van der Waals surface area contributed by atoms with Gasteiger partial charge in [0.1, 0.15) is 10.6 Å². The van der Waals surface area contributed by atoms with Gasteiger partial charge < -0.3 is 14.8 Å². The number of benzene rings is 2. The van der Waals surface area contributed by atoms with Crippen LogP contribution in [-0.4, -0.2) is 34.5 Å². The van der Waals surface area contributed by atoms with Gasteiger partial charge in [-0.1, -0.05) is 11.6 Å². The highest BCUT2D eigenvalue weighted by Gasteiger charge is 2.23. The number of carbonyl (C=O) groups is 2. The number of hydrogen-bond acceptors (Lipinski definition) is 6. The van der Waals surface area contributed by atoms with Crippen molar-refractivity contribution in [2.75, 3.05) is 24.3 Å². The molecule has 10 heteroatoms. The predicted octanol–water partition coefficient (Wildman–Crippen LogP) is 2.89. The Kier molecular flexibility index (Phi) is 6.29. The fourth-order valence-electron chi connectivity index (χ4n) is 2.26. The molecule has 144 valence electrons. The molecule has 0 aliphatic heterocycles. The number of halogens is 1. The van der Waals surface area contributed by atoms with Crippen LogP contribution in [0.3, 0.4) is 0 Å². The van der Waals surface area contributed by atoms with Crippen LogP contribution in [0.25, 0.3) is 0 Å². The minimum Gasteiger partial charge on any atom is -0.495 e. The van der Waals surface area contributed by atoms with Crippen LogP contribution in [0.1, 0.15) is 17.3 Å². The van der Waals surface area contributed by atoms with Gasteiger partial charge in [0.25, 0.3) is 10.0 Å². The summed E-state index contributed by atoms with van der Waals surface area (Å²) in [7, 11) is -1.70. The molecule has 2 aromatic carbocycles. The molecule has 0 spiro atoms. The van der Waals surface area contributed by atoms with Crippen molar-refractivity contribution in [1.82, 2.24) is 0 Å². The van der Waals surface area contributed by atoms with Crippen molar-refractivity contribution in [2.24, 2.45) is 0 Å². The van der Waals surface area contributed by atoms with Crippen molar-refractivity contribution in [3.8, 4) is 5.75 Å². The van der Waals surface area contributed by atoms with E-state index in [9.17, 15) is 18.0 Å². The predicted molar refractivity (Wildman–Crippen MR) is 101 cm³/mol. The zero-order valence-electron chi connectivity index (χ0n) is 14.7. The van der Waals surface area contributed by atoms with Gasteiger partial charge in [0.15, 0.2) is 0 Å². The lowest BCUT2D eigenvalue weighted by Gasteiger charge is -2.15. The van der Waals surface area contributed by atoms with Crippen LogP contribution >= 0.6 is 11.6 Å². The van der Waals surface area contributed by atoms with E-state index >= 15 is 0 Å². The molecule has 0 unspecified atom stereocenters. The number of anilines is 2. The summed E-state index contributed by atoms with van der Waals surface area (Å²) >= 11 is 5.92. The molecule has 8 nitrogen and oxygen atoms in total. The first kappa shape index (κ1) is 20.5. The lowest BCUT2D eigenvalue weighted by atomic mass is 10.2. The number of amides is 1. The van der Waals surface area contributed by atoms with Crippen LogP contribution in [0.15, 0.2) is 41.3 Å². The number of hydrogen-bond donors (Lipinski definition) is 2. The van der Waals surface area contributed by atoms with Crippen molar-refractivity contribution in [1.29, 1.82) is 0 Å². The molecular formula is C17H17ClN2O6S. The van der Waals surface area contributed by atoms with Gasteiger partial charge in [-0.05, 0) is 36.4 Å². The van der Waals surface area contributed by atoms with Crippen molar-refractivity contribution < 1.29 is 27.5 Å². The molecule has 0 aliphatic carbocycles. The maximum absolute atomic E-state index is 12.9. The highest BCUT2D eigenvalue weighted by atomic mass is 35.5. The molecule has 2 aromatic rings. The molecule has 0 atom stereocenters. The molecule has 0 saturated carbocycles. The van der Waals surface area contributed by atoms with Crippen LogP contribution < -0.4 is 14.8 Å². The summed E-state index contributed by atoms with van der Waals surface area (Å²) < 4.78 is 37.9. The lowest BCUT2D eigenvalue weighted by molar-refractivity contribution is -0.114. The molecule has 27 heavy (non-hydrogen) atoms. The van der Waals surface area contributed by atoms with E-state index in [2.05, 4.69) is 14.8 Å². The molecule has 0 saturated heterocycles. The van der Waals surface area contributed by atoms with Crippen LogP contribution in [-0.2, 0) is 19.6 Å². The number of methoxy groups -OCH3 is 2. The Balaban J connectivity index is 2.53. The minimum absolute atomic E-state index is 0.0116. The Morgan fingerprint density at radius 3 is 2.37 bits per heavy atom. The SMILES string of the molecule is COC(=O)c1ccc(Cl)cc1NS(=O)(=O)c1cc(NC(C)=O)ccc1OC. The molecule has 2 N–H and O–H groups in total. The average molecular weight is 413 g/mol. The van der Waals surface area contributed by atoms with Gasteiger partial charge in [-0.25, -0.2) is 13.2 Å². The summed E-state index contributed by atoms with van der Waals surface area (Å²) in [5.41, 5.74) is 0.201. The van der Waals surface area contributed by atoms with E-state index in [0.29, 0.717) is 0 Å². The second kappa shape index (κ2) is 8.28. The maximum atomic E-state index is 12.9. The van der Waals surface area contributed by atoms with E-state index in [0.717, 1.165) is 0 Å². The summed E-state index contributed by atoms with van der Waals surface area (Å²) in [6, 6.07) is 8.21. The molecule has 0 bridgehead atoms. The third-order valence-electron chi connectivity index (χ3n) is 3.40. The van der Waals surface area contributed by atoms with Crippen LogP contribution in [0.2, 0.25) is 5.02 Å². The van der Waals surface area contributed by atoms with Crippen molar-refractivity contribution in [3.63, 3.8) is 0 Å². The summed E-state index contributed by atoms with van der Waals surface area (Å²) in [5, 5.41) is 2.72. The molecule has 0 aliphatic rings. The highest BCUT2D eigenvalue weighted by molar-refractivity contribution is 7.92. The number of esters is 1. The van der Waals surface area contributed by atoms with Gasteiger partial charge in [-0.15, -0.1) is 0 Å². The normalized spacial score (nSPS) is 10.8. The smallest absolute Gasteiger partial charge is 0.339 e. The quantitative estimate of drug-likeness (QED) is 0.706. The Bertz CT molecular complexity index is 991. The molecule has 0 heterocycles. The molecule has 1 amide bonds. The van der Waals surface area contributed by atoms with Gasteiger partial charge in [-0.3, -0.25) is 9.52 Å². The number of sulfonamides is 1.